The van der Waals surface area contributed by atoms with Crippen molar-refractivity contribution in [1.29, 1.82) is 0 Å². The Kier molecular flexibility index (Phi) is 5.58. The molecule has 146 valence electrons. The Balaban J connectivity index is 1.75. The molecular formula is C28H22O2. The zero-order valence-electron chi connectivity index (χ0n) is 16.7. The van der Waals surface area contributed by atoms with Crippen LogP contribution in [-0.4, -0.2) is 11.4 Å². The van der Waals surface area contributed by atoms with E-state index < -0.39 is 0 Å². The fraction of sp³-hybridized carbons (Fsp3) is 0.0357. The van der Waals surface area contributed by atoms with Gasteiger partial charge in [-0.3, -0.25) is 4.79 Å². The van der Waals surface area contributed by atoms with Gasteiger partial charge in [-0.05, 0) is 58.5 Å². The van der Waals surface area contributed by atoms with Crippen molar-refractivity contribution in [2.45, 2.75) is 6.92 Å². The lowest BCUT2D eigenvalue weighted by molar-refractivity contribution is 0.112. The zero-order chi connectivity index (χ0) is 20.9. The molecule has 0 saturated heterocycles. The van der Waals surface area contributed by atoms with Crippen molar-refractivity contribution in [3.63, 3.8) is 0 Å². The summed E-state index contributed by atoms with van der Waals surface area (Å²) in [5.74, 6) is 0.0214. The quantitative estimate of drug-likeness (QED) is 0.302. The smallest absolute Gasteiger partial charge is 0.153 e. The van der Waals surface area contributed by atoms with Gasteiger partial charge in [-0.1, -0.05) is 84.9 Å². The van der Waals surface area contributed by atoms with Gasteiger partial charge in [0, 0.05) is 5.56 Å². The monoisotopic (exact) mass is 390 g/mol. The first-order valence-electron chi connectivity index (χ1n) is 9.87. The number of phenols is 1. The zero-order valence-corrected chi connectivity index (χ0v) is 16.7. The number of hydrogen-bond acceptors (Lipinski definition) is 2. The first-order chi connectivity index (χ1) is 14.7. The van der Waals surface area contributed by atoms with Crippen LogP contribution in [-0.2, 0) is 0 Å². The molecule has 2 heteroatoms. The highest BCUT2D eigenvalue weighted by Gasteiger charge is 2.10. The molecule has 0 aliphatic carbocycles. The Hall–Kier alpha value is -3.91. The average molecular weight is 390 g/mol. The van der Waals surface area contributed by atoms with Crippen molar-refractivity contribution in [3.05, 3.63) is 125 Å². The summed E-state index contributed by atoms with van der Waals surface area (Å²) in [6, 6.07) is 32.2. The van der Waals surface area contributed by atoms with E-state index in [4.69, 9.17) is 0 Å². The molecular weight excluding hydrogens is 368 g/mol. The van der Waals surface area contributed by atoms with E-state index in [1.807, 2.05) is 73.7 Å². The van der Waals surface area contributed by atoms with Gasteiger partial charge in [0.2, 0.25) is 0 Å². The number of benzene rings is 4. The first-order valence-corrected chi connectivity index (χ1v) is 9.87. The summed E-state index contributed by atoms with van der Waals surface area (Å²) in [7, 11) is 0. The lowest BCUT2D eigenvalue weighted by atomic mass is 9.94. The summed E-state index contributed by atoms with van der Waals surface area (Å²) < 4.78 is 0. The Morgan fingerprint density at radius 3 is 1.87 bits per heavy atom. The van der Waals surface area contributed by atoms with Crippen LogP contribution in [0.3, 0.4) is 0 Å². The van der Waals surface area contributed by atoms with E-state index in [1.54, 1.807) is 6.07 Å². The highest BCUT2D eigenvalue weighted by atomic mass is 16.3. The molecule has 0 atom stereocenters. The Labute approximate surface area is 176 Å². The van der Waals surface area contributed by atoms with Crippen LogP contribution in [0.25, 0.3) is 22.8 Å². The second kappa shape index (κ2) is 8.62. The molecule has 4 rings (SSSR count). The summed E-state index contributed by atoms with van der Waals surface area (Å²) in [5, 5.41) is 10.4. The van der Waals surface area contributed by atoms with Crippen LogP contribution in [0.5, 0.6) is 5.75 Å². The van der Waals surface area contributed by atoms with Crippen LogP contribution >= 0.6 is 0 Å². The molecule has 0 amide bonds. The van der Waals surface area contributed by atoms with Crippen molar-refractivity contribution < 1.29 is 9.90 Å². The molecule has 0 saturated carbocycles. The van der Waals surface area contributed by atoms with Crippen molar-refractivity contribution in [2.24, 2.45) is 0 Å². The van der Waals surface area contributed by atoms with E-state index in [1.165, 1.54) is 0 Å². The maximum absolute atomic E-state index is 11.2. The predicted octanol–water partition coefficient (Wildman–Crippen LogP) is 6.77. The van der Waals surface area contributed by atoms with Crippen LogP contribution in [0.15, 0.2) is 97.1 Å². The molecule has 0 aliphatic heterocycles. The fourth-order valence-corrected chi connectivity index (χ4v) is 3.61. The summed E-state index contributed by atoms with van der Waals surface area (Å²) >= 11 is 0. The maximum atomic E-state index is 11.2. The fourth-order valence-electron chi connectivity index (χ4n) is 3.61. The summed E-state index contributed by atoms with van der Waals surface area (Å²) in [4.78, 5) is 11.2. The topological polar surface area (TPSA) is 37.3 Å². The second-order valence-corrected chi connectivity index (χ2v) is 7.28. The van der Waals surface area contributed by atoms with Crippen LogP contribution < -0.4 is 0 Å². The largest absolute Gasteiger partial charge is 0.507 e. The number of carbonyl (C=O) groups is 1. The molecule has 30 heavy (non-hydrogen) atoms. The van der Waals surface area contributed by atoms with Gasteiger partial charge in [0.15, 0.2) is 6.29 Å². The predicted molar refractivity (Wildman–Crippen MR) is 124 cm³/mol. The van der Waals surface area contributed by atoms with E-state index in [0.717, 1.165) is 33.4 Å². The Morgan fingerprint density at radius 1 is 0.767 bits per heavy atom. The number of phenolic OH excluding ortho intramolecular Hbond substituents is 1. The molecule has 4 aromatic carbocycles. The third kappa shape index (κ3) is 4.08. The molecule has 1 N–H and O–H groups in total. The Bertz CT molecular complexity index is 1150. The van der Waals surface area contributed by atoms with E-state index in [2.05, 4.69) is 30.3 Å². The summed E-state index contributed by atoms with van der Waals surface area (Å²) in [5.41, 5.74) is 7.29. The normalized spacial score (nSPS) is 10.4. The molecule has 0 heterocycles. The lowest BCUT2D eigenvalue weighted by Gasteiger charge is -2.11. The highest BCUT2D eigenvalue weighted by Crippen LogP contribution is 2.33. The van der Waals surface area contributed by atoms with E-state index in [0.29, 0.717) is 17.4 Å². The van der Waals surface area contributed by atoms with Crippen molar-refractivity contribution in [3.8, 4) is 16.9 Å². The molecule has 0 unspecified atom stereocenters. The molecule has 0 bridgehead atoms. The van der Waals surface area contributed by atoms with Gasteiger partial charge >= 0.3 is 0 Å². The van der Waals surface area contributed by atoms with Crippen LogP contribution in [0.1, 0.15) is 32.6 Å². The van der Waals surface area contributed by atoms with Crippen LogP contribution in [0.4, 0.5) is 0 Å². The summed E-state index contributed by atoms with van der Waals surface area (Å²) in [6.07, 6.45) is 2.86. The average Bonchev–Trinajstić information content (AvgIpc) is 2.80. The summed E-state index contributed by atoms with van der Waals surface area (Å²) in [6.45, 7) is 1.92. The maximum Gasteiger partial charge on any atom is 0.153 e. The number of aromatic hydroxyl groups is 1. The number of aldehydes is 1. The number of hydrogen-bond donors (Lipinski definition) is 1. The third-order valence-electron chi connectivity index (χ3n) is 5.11. The van der Waals surface area contributed by atoms with Crippen LogP contribution in [0, 0.1) is 6.92 Å². The van der Waals surface area contributed by atoms with Gasteiger partial charge in [0.1, 0.15) is 5.75 Å². The van der Waals surface area contributed by atoms with Gasteiger partial charge in [-0.2, -0.15) is 0 Å². The minimum absolute atomic E-state index is 0.0214. The second-order valence-electron chi connectivity index (χ2n) is 7.28. The first kappa shape index (κ1) is 19.4. The van der Waals surface area contributed by atoms with E-state index in [9.17, 15) is 9.90 Å². The standard InChI is InChI=1S/C28H22O2/c1-20-16-25(19-29)28(30)27(17-20)24-14-12-21(13-15-24)18-26(22-8-4-2-5-9-22)23-10-6-3-7-11-23/h2-19,30H,1H3. The minimum Gasteiger partial charge on any atom is -0.507 e. The Morgan fingerprint density at radius 2 is 1.33 bits per heavy atom. The van der Waals surface area contributed by atoms with E-state index in [-0.39, 0.29) is 5.75 Å². The molecule has 0 aromatic heterocycles. The van der Waals surface area contributed by atoms with Gasteiger partial charge in [0.25, 0.3) is 0 Å². The molecule has 0 fully saturated rings. The number of aryl methyl sites for hydroxylation is 1. The number of carbonyl (C=O) groups excluding carboxylic acids is 1. The lowest BCUT2D eigenvalue weighted by Crippen LogP contribution is -1.90. The molecule has 0 spiro atoms. The molecule has 2 nitrogen and oxygen atoms in total. The van der Waals surface area contributed by atoms with Crippen molar-refractivity contribution >= 4 is 17.9 Å². The van der Waals surface area contributed by atoms with Crippen LogP contribution in [0.2, 0.25) is 0 Å². The molecule has 0 aliphatic rings. The number of rotatable bonds is 5. The third-order valence-corrected chi connectivity index (χ3v) is 5.11. The SMILES string of the molecule is Cc1cc(C=O)c(O)c(-c2ccc(C=C(c3ccccc3)c3ccccc3)cc2)c1. The molecule has 4 aromatic rings. The van der Waals surface area contributed by atoms with Gasteiger partial charge in [-0.15, -0.1) is 0 Å². The van der Waals surface area contributed by atoms with E-state index >= 15 is 0 Å². The highest BCUT2D eigenvalue weighted by molar-refractivity contribution is 5.92. The minimum atomic E-state index is 0.0214. The van der Waals surface area contributed by atoms with Gasteiger partial charge < -0.3 is 5.11 Å². The van der Waals surface area contributed by atoms with Gasteiger partial charge in [0.05, 0.1) is 5.56 Å². The van der Waals surface area contributed by atoms with Crippen molar-refractivity contribution in [2.75, 3.05) is 0 Å². The van der Waals surface area contributed by atoms with Crippen molar-refractivity contribution in [1.82, 2.24) is 0 Å². The van der Waals surface area contributed by atoms with Gasteiger partial charge in [-0.25, -0.2) is 0 Å². The molecule has 0 radical (unpaired) electrons.